The van der Waals surface area contributed by atoms with Gasteiger partial charge in [-0.05, 0) is 48.4 Å². The van der Waals surface area contributed by atoms with Crippen LogP contribution in [0.5, 0.6) is 0 Å². The lowest BCUT2D eigenvalue weighted by atomic mass is 10.0. The molecule has 6 heteroatoms. The summed E-state index contributed by atoms with van der Waals surface area (Å²) in [4.78, 5) is 22.5. The zero-order valence-electron chi connectivity index (χ0n) is 14.0. The fourth-order valence-electron chi connectivity index (χ4n) is 3.27. The van der Waals surface area contributed by atoms with Crippen LogP contribution in [-0.4, -0.2) is 21.4 Å². The molecule has 0 atom stereocenters. The predicted octanol–water partition coefficient (Wildman–Crippen LogP) is 4.41. The minimum atomic E-state index is -0.0398. The Balaban J connectivity index is 1.61. The van der Waals surface area contributed by atoms with Gasteiger partial charge in [-0.15, -0.1) is 0 Å². The van der Waals surface area contributed by atoms with E-state index in [4.69, 9.17) is 16.6 Å². The van der Waals surface area contributed by atoms with E-state index in [2.05, 4.69) is 37.9 Å². The van der Waals surface area contributed by atoms with E-state index in [1.807, 2.05) is 24.3 Å². The summed E-state index contributed by atoms with van der Waals surface area (Å²) < 4.78 is 1.08. The largest absolute Gasteiger partial charge is 0.306 e. The third-order valence-electron chi connectivity index (χ3n) is 4.57. The lowest BCUT2D eigenvalue weighted by Crippen LogP contribution is -2.35. The molecule has 0 saturated carbocycles. The second kappa shape index (κ2) is 7.35. The van der Waals surface area contributed by atoms with Gasteiger partial charge in [0.05, 0.1) is 5.69 Å². The number of nitrogens with zero attached hydrogens (tertiary/aromatic N) is 2. The molecule has 132 valence electrons. The minimum absolute atomic E-state index is 0.0398. The maximum Gasteiger partial charge on any atom is 0.254 e. The molecule has 0 amide bonds. The second-order valence-electron chi connectivity index (χ2n) is 6.44. The Morgan fingerprint density at radius 2 is 2.00 bits per heavy atom. The van der Waals surface area contributed by atoms with E-state index in [-0.39, 0.29) is 5.56 Å². The van der Waals surface area contributed by atoms with Crippen LogP contribution >= 0.6 is 27.5 Å². The number of hydrogen-bond acceptors (Lipinski definition) is 3. The van der Waals surface area contributed by atoms with Gasteiger partial charge in [-0.3, -0.25) is 9.69 Å². The van der Waals surface area contributed by atoms with Crippen molar-refractivity contribution < 1.29 is 0 Å². The third kappa shape index (κ3) is 3.75. The van der Waals surface area contributed by atoms with E-state index >= 15 is 0 Å². The summed E-state index contributed by atoms with van der Waals surface area (Å²) in [6, 6.07) is 15.6. The monoisotopic (exact) mass is 429 g/mol. The van der Waals surface area contributed by atoms with Crippen LogP contribution in [0.3, 0.4) is 0 Å². The van der Waals surface area contributed by atoms with Gasteiger partial charge >= 0.3 is 0 Å². The summed E-state index contributed by atoms with van der Waals surface area (Å²) >= 11 is 9.47. The molecule has 1 aliphatic heterocycles. The Labute approximate surface area is 165 Å². The van der Waals surface area contributed by atoms with E-state index in [0.29, 0.717) is 23.8 Å². The summed E-state index contributed by atoms with van der Waals surface area (Å²) in [5, 5.41) is 0.661. The molecule has 0 bridgehead atoms. The van der Waals surface area contributed by atoms with Crippen LogP contribution in [0, 0.1) is 0 Å². The number of H-pyrrole nitrogens is 1. The first kappa shape index (κ1) is 17.5. The average molecular weight is 431 g/mol. The lowest BCUT2D eigenvalue weighted by Gasteiger charge is -2.27. The molecule has 2 heterocycles. The van der Waals surface area contributed by atoms with Gasteiger partial charge in [-0.1, -0.05) is 39.7 Å². The normalized spacial score (nSPS) is 14.2. The number of rotatable bonds is 3. The zero-order chi connectivity index (χ0) is 18.1. The highest BCUT2D eigenvalue weighted by Crippen LogP contribution is 2.22. The highest BCUT2D eigenvalue weighted by atomic mass is 79.9. The first-order valence-corrected chi connectivity index (χ1v) is 9.60. The van der Waals surface area contributed by atoms with E-state index < -0.39 is 0 Å². The molecule has 0 saturated heterocycles. The van der Waals surface area contributed by atoms with Crippen molar-refractivity contribution in [2.45, 2.75) is 19.5 Å². The minimum Gasteiger partial charge on any atom is -0.306 e. The molecule has 26 heavy (non-hydrogen) atoms. The molecule has 1 N–H and O–H groups in total. The summed E-state index contributed by atoms with van der Waals surface area (Å²) in [5.74, 6) is 0.592. The van der Waals surface area contributed by atoms with Gasteiger partial charge in [-0.2, -0.15) is 0 Å². The lowest BCUT2D eigenvalue weighted by molar-refractivity contribution is 0.240. The smallest absolute Gasteiger partial charge is 0.254 e. The second-order valence-corrected chi connectivity index (χ2v) is 7.79. The van der Waals surface area contributed by atoms with Crippen molar-refractivity contribution in [3.05, 3.63) is 85.2 Å². The van der Waals surface area contributed by atoms with Crippen molar-refractivity contribution in [2.24, 2.45) is 0 Å². The SMILES string of the molecule is O=c1[nH]c(-c2ccc(Cl)cc2)nc2c1CCN(Cc1cccc(Br)c1)C2. The Morgan fingerprint density at radius 1 is 1.19 bits per heavy atom. The first-order chi connectivity index (χ1) is 12.6. The molecular weight excluding hydrogens is 414 g/mol. The number of fused-ring (bicyclic) bond motifs is 1. The molecule has 2 aromatic carbocycles. The number of aromatic nitrogens is 2. The molecule has 0 radical (unpaired) electrons. The van der Waals surface area contributed by atoms with Gasteiger partial charge in [-0.25, -0.2) is 4.98 Å². The standard InChI is InChI=1S/C20H17BrClN3O/c21-15-3-1-2-13(10-15)11-25-9-8-17-18(12-25)23-19(24-20(17)26)14-4-6-16(22)7-5-14/h1-7,10H,8-9,11-12H2,(H,23,24,26). The quantitative estimate of drug-likeness (QED) is 0.669. The van der Waals surface area contributed by atoms with Crippen molar-refractivity contribution in [3.8, 4) is 11.4 Å². The fraction of sp³-hybridized carbons (Fsp3) is 0.200. The van der Waals surface area contributed by atoms with Crippen LogP contribution in [-0.2, 0) is 19.5 Å². The topological polar surface area (TPSA) is 49.0 Å². The third-order valence-corrected chi connectivity index (χ3v) is 5.31. The van der Waals surface area contributed by atoms with Gasteiger partial charge in [0.15, 0.2) is 0 Å². The van der Waals surface area contributed by atoms with Crippen LogP contribution < -0.4 is 5.56 Å². The average Bonchev–Trinajstić information content (AvgIpc) is 2.62. The Kier molecular flexibility index (Phi) is 4.94. The van der Waals surface area contributed by atoms with E-state index in [0.717, 1.165) is 34.4 Å². The summed E-state index contributed by atoms with van der Waals surface area (Å²) in [6.45, 7) is 2.36. The molecule has 1 aromatic heterocycles. The van der Waals surface area contributed by atoms with E-state index in [1.165, 1.54) is 5.56 Å². The molecule has 3 aromatic rings. The number of nitrogens with one attached hydrogen (secondary N) is 1. The maximum absolute atomic E-state index is 12.5. The van der Waals surface area contributed by atoms with Gasteiger partial charge in [0.2, 0.25) is 0 Å². The number of halogens is 2. The molecule has 0 fully saturated rings. The summed E-state index contributed by atoms with van der Waals surface area (Å²) in [7, 11) is 0. The Hall–Kier alpha value is -1.95. The van der Waals surface area contributed by atoms with Crippen molar-refractivity contribution in [1.82, 2.24) is 14.9 Å². The predicted molar refractivity (Wildman–Crippen MR) is 107 cm³/mol. The molecule has 4 rings (SSSR count). The van der Waals surface area contributed by atoms with Crippen molar-refractivity contribution in [1.29, 1.82) is 0 Å². The highest BCUT2D eigenvalue weighted by molar-refractivity contribution is 9.10. The van der Waals surface area contributed by atoms with Crippen LogP contribution in [0.2, 0.25) is 5.02 Å². The van der Waals surface area contributed by atoms with Gasteiger partial charge in [0.1, 0.15) is 5.82 Å². The summed E-state index contributed by atoms with van der Waals surface area (Å²) in [6.07, 6.45) is 0.715. The number of aromatic amines is 1. The van der Waals surface area contributed by atoms with Crippen molar-refractivity contribution >= 4 is 27.5 Å². The summed E-state index contributed by atoms with van der Waals surface area (Å²) in [5.41, 5.74) is 3.72. The maximum atomic E-state index is 12.5. The highest BCUT2D eigenvalue weighted by Gasteiger charge is 2.21. The molecule has 4 nitrogen and oxygen atoms in total. The zero-order valence-corrected chi connectivity index (χ0v) is 16.3. The van der Waals surface area contributed by atoms with Crippen LogP contribution in [0.25, 0.3) is 11.4 Å². The molecular formula is C20H17BrClN3O. The van der Waals surface area contributed by atoms with Gasteiger partial charge < -0.3 is 4.98 Å². The van der Waals surface area contributed by atoms with E-state index in [9.17, 15) is 4.79 Å². The van der Waals surface area contributed by atoms with Gasteiger partial charge in [0, 0.05) is 40.3 Å². The molecule has 0 spiro atoms. The van der Waals surface area contributed by atoms with Gasteiger partial charge in [0.25, 0.3) is 5.56 Å². The molecule has 0 unspecified atom stereocenters. The molecule has 1 aliphatic rings. The van der Waals surface area contributed by atoms with Crippen molar-refractivity contribution in [2.75, 3.05) is 6.54 Å². The fourth-order valence-corrected chi connectivity index (χ4v) is 3.84. The van der Waals surface area contributed by atoms with E-state index in [1.54, 1.807) is 12.1 Å². The number of hydrogen-bond donors (Lipinski definition) is 1. The van der Waals surface area contributed by atoms with Crippen LogP contribution in [0.15, 0.2) is 57.8 Å². The first-order valence-electron chi connectivity index (χ1n) is 8.43. The van der Waals surface area contributed by atoms with Crippen LogP contribution in [0.1, 0.15) is 16.8 Å². The Bertz CT molecular complexity index is 1000. The van der Waals surface area contributed by atoms with Crippen LogP contribution in [0.4, 0.5) is 0 Å². The van der Waals surface area contributed by atoms with Crippen molar-refractivity contribution in [3.63, 3.8) is 0 Å². The number of benzene rings is 2. The molecule has 0 aliphatic carbocycles. The Morgan fingerprint density at radius 3 is 2.77 bits per heavy atom.